The van der Waals surface area contributed by atoms with Gasteiger partial charge in [0.25, 0.3) is 0 Å². The number of hydrogen-bond donors (Lipinski definition) is 2. The van der Waals surface area contributed by atoms with Crippen molar-refractivity contribution in [3.05, 3.63) is 41.3 Å². The Balaban J connectivity index is 1.49. The molecule has 1 aliphatic heterocycles. The quantitative estimate of drug-likeness (QED) is 0.427. The average Bonchev–Trinajstić information content (AvgIpc) is 3.38. The monoisotopic (exact) mass is 521 g/mol. The highest BCUT2D eigenvalue weighted by atomic mass is 35.5. The van der Waals surface area contributed by atoms with Crippen LogP contribution in [0.15, 0.2) is 30.5 Å². The van der Waals surface area contributed by atoms with Crippen molar-refractivity contribution in [2.75, 3.05) is 18.5 Å². The molecule has 1 fully saturated rings. The summed E-state index contributed by atoms with van der Waals surface area (Å²) < 4.78 is 26.0. The van der Waals surface area contributed by atoms with Gasteiger partial charge in [-0.2, -0.15) is 0 Å². The van der Waals surface area contributed by atoms with Gasteiger partial charge in [0.1, 0.15) is 28.2 Å². The third-order valence-electron chi connectivity index (χ3n) is 5.34. The Morgan fingerprint density at radius 2 is 2.11 bits per heavy atom. The predicted molar refractivity (Wildman–Crippen MR) is 131 cm³/mol. The second kappa shape index (κ2) is 9.92. The van der Waals surface area contributed by atoms with Crippen molar-refractivity contribution in [3.63, 3.8) is 0 Å². The Hall–Kier alpha value is -3.02. The largest absolute Gasteiger partial charge is 0.488 e. The van der Waals surface area contributed by atoms with Crippen molar-refractivity contribution >= 4 is 34.8 Å². The third kappa shape index (κ3) is 5.47. The number of rotatable bonds is 7. The molecule has 0 bridgehead atoms. The Morgan fingerprint density at radius 1 is 1.37 bits per heavy atom. The molecule has 1 atom stereocenters. The molecule has 9 nitrogen and oxygen atoms in total. The first kappa shape index (κ1) is 25.1. The molecule has 0 saturated carbocycles. The second-order valence-electron chi connectivity index (χ2n) is 8.78. The van der Waals surface area contributed by atoms with E-state index in [0.29, 0.717) is 15.6 Å². The zero-order valence-electron chi connectivity index (χ0n) is 19.6. The number of carbonyl (C=O) groups is 1. The number of benzene rings is 1. The summed E-state index contributed by atoms with van der Waals surface area (Å²) in [5.41, 5.74) is 0.170. The highest BCUT2D eigenvalue weighted by molar-refractivity contribution is 7.18. The second-order valence-corrected chi connectivity index (χ2v) is 10.2. The summed E-state index contributed by atoms with van der Waals surface area (Å²) in [6.07, 6.45) is 0.561. The molecule has 1 aromatic carbocycles. The Bertz CT molecular complexity index is 1220. The number of anilines is 1. The maximum Gasteiger partial charge on any atom is 0.410 e. The van der Waals surface area contributed by atoms with Crippen molar-refractivity contribution < 1.29 is 23.8 Å². The van der Waals surface area contributed by atoms with Crippen molar-refractivity contribution in [2.24, 2.45) is 0 Å². The molecule has 2 N–H and O–H groups in total. The van der Waals surface area contributed by atoms with E-state index in [2.05, 4.69) is 20.5 Å². The lowest BCUT2D eigenvalue weighted by Gasteiger charge is -2.30. The van der Waals surface area contributed by atoms with Crippen LogP contribution >= 0.6 is 22.9 Å². The van der Waals surface area contributed by atoms with E-state index in [0.717, 1.165) is 16.3 Å². The number of ether oxygens (including phenoxy) is 2. The smallest absolute Gasteiger partial charge is 0.410 e. The number of aromatic nitrogens is 3. The maximum atomic E-state index is 14.9. The molecule has 0 aliphatic carbocycles. The molecular formula is C23H25ClFN5O4S. The summed E-state index contributed by atoms with van der Waals surface area (Å²) in [5.74, 6) is 0.0244. The van der Waals surface area contributed by atoms with E-state index >= 15 is 0 Å². The van der Waals surface area contributed by atoms with Gasteiger partial charge in [0, 0.05) is 29.4 Å². The predicted octanol–water partition coefficient (Wildman–Crippen LogP) is 5.37. The lowest BCUT2D eigenvalue weighted by atomic mass is 10.2. The van der Waals surface area contributed by atoms with Crippen LogP contribution in [0.25, 0.3) is 21.1 Å². The summed E-state index contributed by atoms with van der Waals surface area (Å²) in [5, 5.41) is 22.4. The van der Waals surface area contributed by atoms with Crippen LogP contribution in [0.4, 0.5) is 15.0 Å². The molecule has 1 amide bonds. The van der Waals surface area contributed by atoms with Crippen LogP contribution in [0.5, 0.6) is 5.75 Å². The molecule has 12 heteroatoms. The molecule has 1 saturated heterocycles. The number of pyridine rings is 1. The fraction of sp³-hybridized carbons (Fsp3) is 0.391. The van der Waals surface area contributed by atoms with Crippen LogP contribution in [-0.2, 0) is 4.74 Å². The molecule has 2 aromatic heterocycles. The van der Waals surface area contributed by atoms with E-state index in [-0.39, 0.29) is 30.0 Å². The van der Waals surface area contributed by atoms with E-state index in [1.54, 1.807) is 20.0 Å². The van der Waals surface area contributed by atoms with Gasteiger partial charge in [-0.3, -0.25) is 4.90 Å². The van der Waals surface area contributed by atoms with E-state index in [1.807, 2.05) is 26.0 Å². The first-order chi connectivity index (χ1) is 16.5. The number of nitrogens with one attached hydrogen (secondary N) is 1. The molecule has 3 aromatic rings. The summed E-state index contributed by atoms with van der Waals surface area (Å²) in [7, 11) is 0. The first-order valence-electron chi connectivity index (χ1n) is 10.9. The minimum absolute atomic E-state index is 0.0834. The van der Waals surface area contributed by atoms with Gasteiger partial charge in [-0.1, -0.05) is 22.9 Å². The minimum Gasteiger partial charge on any atom is -0.488 e. The van der Waals surface area contributed by atoms with E-state index < -0.39 is 23.7 Å². The highest BCUT2D eigenvalue weighted by Gasteiger charge is 2.44. The minimum atomic E-state index is -1.14. The number of amides is 1. The lowest BCUT2D eigenvalue weighted by Crippen LogP contribution is -2.49. The zero-order chi connectivity index (χ0) is 25.3. The van der Waals surface area contributed by atoms with Gasteiger partial charge in [0.15, 0.2) is 11.6 Å². The van der Waals surface area contributed by atoms with Gasteiger partial charge in [0.2, 0.25) is 0 Å². The summed E-state index contributed by atoms with van der Waals surface area (Å²) in [6, 6.07) is 6.02. The van der Waals surface area contributed by atoms with Crippen LogP contribution < -0.4 is 10.1 Å². The van der Waals surface area contributed by atoms with Gasteiger partial charge >= 0.3 is 6.09 Å². The van der Waals surface area contributed by atoms with Crippen molar-refractivity contribution in [1.29, 1.82) is 0 Å². The molecule has 35 heavy (non-hydrogen) atoms. The molecule has 186 valence electrons. The van der Waals surface area contributed by atoms with Gasteiger partial charge in [-0.05, 0) is 45.9 Å². The molecular weight excluding hydrogens is 497 g/mol. The zero-order valence-corrected chi connectivity index (χ0v) is 21.2. The summed E-state index contributed by atoms with van der Waals surface area (Å²) in [4.78, 5) is 17.1. The number of halogens is 2. The number of hydrogen-bond acceptors (Lipinski definition) is 8. The van der Waals surface area contributed by atoms with Gasteiger partial charge in [0.05, 0.1) is 17.7 Å². The topological polar surface area (TPSA) is 110 Å². The van der Waals surface area contributed by atoms with Crippen LogP contribution in [0.2, 0.25) is 5.02 Å². The van der Waals surface area contributed by atoms with Gasteiger partial charge < -0.3 is 19.9 Å². The molecule has 3 heterocycles. The van der Waals surface area contributed by atoms with Gasteiger partial charge in [-0.25, -0.2) is 14.2 Å². The molecule has 1 aliphatic rings. The Kier molecular flexibility index (Phi) is 7.11. The lowest BCUT2D eigenvalue weighted by molar-refractivity contribution is -0.0430. The summed E-state index contributed by atoms with van der Waals surface area (Å²) >= 11 is 7.68. The van der Waals surface area contributed by atoms with Crippen LogP contribution in [0.3, 0.4) is 0 Å². The van der Waals surface area contributed by atoms with E-state index in [4.69, 9.17) is 21.1 Å². The first-order valence-corrected chi connectivity index (χ1v) is 12.1. The third-order valence-corrected chi connectivity index (χ3v) is 6.65. The van der Waals surface area contributed by atoms with Crippen molar-refractivity contribution in [1.82, 2.24) is 20.1 Å². The van der Waals surface area contributed by atoms with Crippen LogP contribution in [-0.4, -0.2) is 62.3 Å². The number of carboxylic acid groups (broad SMARTS) is 1. The standard InChI is InChI=1S/C23H25ClFN5O4S/c1-12(2)27-19-6-5-13(9-26-19)20-28-29-21(35-20)15-7-17(25)18(8-16(15)24)33-10-14-11-34-23(3,4)30(14)22(31)32/h5-9,12,14H,10-11H2,1-4H3,(H,26,27)(H,31,32). The van der Waals surface area contributed by atoms with Crippen LogP contribution in [0, 0.1) is 5.82 Å². The SMILES string of the molecule is CC(C)Nc1ccc(-c2nnc(-c3cc(F)c(OCC4COC(C)(C)N4C(=O)O)cc3Cl)s2)cn1. The van der Waals surface area contributed by atoms with E-state index in [1.165, 1.54) is 23.5 Å². The number of nitrogens with zero attached hydrogens (tertiary/aromatic N) is 4. The Labute approximate surface area is 210 Å². The highest BCUT2D eigenvalue weighted by Crippen LogP contribution is 2.37. The van der Waals surface area contributed by atoms with Crippen molar-refractivity contribution in [2.45, 2.75) is 45.5 Å². The molecule has 4 rings (SSSR count). The summed E-state index contributed by atoms with van der Waals surface area (Å²) in [6.45, 7) is 7.41. The van der Waals surface area contributed by atoms with Crippen LogP contribution in [0.1, 0.15) is 27.7 Å². The fourth-order valence-corrected chi connectivity index (χ4v) is 4.90. The van der Waals surface area contributed by atoms with E-state index in [9.17, 15) is 14.3 Å². The maximum absolute atomic E-state index is 14.9. The molecule has 1 unspecified atom stereocenters. The fourth-order valence-electron chi connectivity index (χ4n) is 3.73. The average molecular weight is 522 g/mol. The van der Waals surface area contributed by atoms with Crippen molar-refractivity contribution in [3.8, 4) is 26.9 Å². The molecule has 0 radical (unpaired) electrons. The normalized spacial score (nSPS) is 17.1. The van der Waals surface area contributed by atoms with Gasteiger partial charge in [-0.15, -0.1) is 10.2 Å². The molecule has 0 spiro atoms. The Morgan fingerprint density at radius 3 is 2.77 bits per heavy atom.